The van der Waals surface area contributed by atoms with Gasteiger partial charge in [0.2, 0.25) is 0 Å². The summed E-state index contributed by atoms with van der Waals surface area (Å²) in [5.41, 5.74) is 0.940. The number of methoxy groups -OCH3 is 1. The number of nitrogens with one attached hydrogen (secondary N) is 1. The van der Waals surface area contributed by atoms with Crippen LogP contribution in [0.2, 0.25) is 0 Å². The van der Waals surface area contributed by atoms with E-state index >= 15 is 0 Å². The molecule has 24 heavy (non-hydrogen) atoms. The molecule has 0 aliphatic carbocycles. The lowest BCUT2D eigenvalue weighted by molar-refractivity contribution is 0.146. The molecule has 0 fully saturated rings. The molecule has 8 heteroatoms. The Morgan fingerprint density at radius 1 is 1.04 bits per heavy atom. The van der Waals surface area contributed by atoms with Gasteiger partial charge in [-0.1, -0.05) is 0 Å². The summed E-state index contributed by atoms with van der Waals surface area (Å²) in [5.74, 6) is -1.76. The number of anilines is 1. The molecule has 2 aromatic carbocycles. The van der Waals surface area contributed by atoms with Crippen molar-refractivity contribution in [3.8, 4) is 5.75 Å². The molecule has 0 spiro atoms. The maximum absolute atomic E-state index is 13.2. The highest BCUT2D eigenvalue weighted by molar-refractivity contribution is 7.92. The zero-order valence-corrected chi connectivity index (χ0v) is 14.0. The molecule has 0 amide bonds. The van der Waals surface area contributed by atoms with E-state index in [1.165, 1.54) is 6.07 Å². The van der Waals surface area contributed by atoms with Crippen molar-refractivity contribution in [2.24, 2.45) is 0 Å². The van der Waals surface area contributed by atoms with E-state index in [1.54, 1.807) is 26.2 Å². The first kappa shape index (κ1) is 18.2. The Morgan fingerprint density at radius 3 is 2.42 bits per heavy atom. The molecule has 5 nitrogen and oxygen atoms in total. The highest BCUT2D eigenvalue weighted by Gasteiger charge is 2.17. The molecule has 130 valence electrons. The summed E-state index contributed by atoms with van der Waals surface area (Å²) in [6.45, 7) is 2.51. The monoisotopic (exact) mass is 357 g/mol. The lowest BCUT2D eigenvalue weighted by Crippen LogP contribution is -2.14. The summed E-state index contributed by atoms with van der Waals surface area (Å²) >= 11 is 0. The van der Waals surface area contributed by atoms with Gasteiger partial charge in [-0.15, -0.1) is 0 Å². The van der Waals surface area contributed by atoms with Crippen molar-refractivity contribution in [2.45, 2.75) is 11.8 Å². The number of ether oxygens (including phenoxy) is 2. The van der Waals surface area contributed by atoms with E-state index in [9.17, 15) is 17.2 Å². The second-order valence-electron chi connectivity index (χ2n) is 5.00. The number of benzene rings is 2. The molecule has 2 rings (SSSR count). The van der Waals surface area contributed by atoms with Crippen molar-refractivity contribution in [1.29, 1.82) is 0 Å². The van der Waals surface area contributed by atoms with Gasteiger partial charge in [-0.05, 0) is 48.9 Å². The Hall–Kier alpha value is -2.19. The normalized spacial score (nSPS) is 11.3. The van der Waals surface area contributed by atoms with E-state index in [2.05, 4.69) is 4.72 Å². The molecule has 0 radical (unpaired) electrons. The summed E-state index contributed by atoms with van der Waals surface area (Å²) in [4.78, 5) is -0.360. The van der Waals surface area contributed by atoms with Crippen LogP contribution < -0.4 is 9.46 Å². The average Bonchev–Trinajstić information content (AvgIpc) is 2.52. The summed E-state index contributed by atoms with van der Waals surface area (Å²) in [5, 5.41) is 0. The van der Waals surface area contributed by atoms with Crippen molar-refractivity contribution in [1.82, 2.24) is 0 Å². The number of hydrogen-bond acceptors (Lipinski definition) is 4. The van der Waals surface area contributed by atoms with Crippen LogP contribution in [-0.4, -0.2) is 28.7 Å². The molecule has 0 heterocycles. The number of sulfonamides is 1. The minimum absolute atomic E-state index is 0.318. The molecule has 0 saturated heterocycles. The van der Waals surface area contributed by atoms with Crippen LogP contribution in [-0.2, 0) is 14.8 Å². The van der Waals surface area contributed by atoms with Crippen LogP contribution in [0.3, 0.4) is 0 Å². The predicted octanol–water partition coefficient (Wildman–Crippen LogP) is 3.10. The van der Waals surface area contributed by atoms with Gasteiger partial charge < -0.3 is 9.47 Å². The van der Waals surface area contributed by atoms with Crippen molar-refractivity contribution in [2.75, 3.05) is 25.0 Å². The standard InChI is InChI=1S/C16H17F2NO4S/c1-11-9-12(23-8-7-22-2)3-6-16(11)19-24(20,21)13-4-5-14(17)15(18)10-13/h3-6,9-10,19H,7-8H2,1-2H3. The van der Waals surface area contributed by atoms with Crippen LogP contribution in [0.25, 0.3) is 0 Å². The SMILES string of the molecule is COCCOc1ccc(NS(=O)(=O)c2ccc(F)c(F)c2)c(C)c1. The quantitative estimate of drug-likeness (QED) is 0.774. The highest BCUT2D eigenvalue weighted by Crippen LogP contribution is 2.24. The van der Waals surface area contributed by atoms with E-state index in [1.807, 2.05) is 0 Å². The Kier molecular flexibility index (Phi) is 5.74. The Morgan fingerprint density at radius 2 is 1.79 bits per heavy atom. The molecule has 0 atom stereocenters. The van der Waals surface area contributed by atoms with Gasteiger partial charge in [-0.3, -0.25) is 4.72 Å². The van der Waals surface area contributed by atoms with Crippen LogP contribution in [0.1, 0.15) is 5.56 Å². The fourth-order valence-electron chi connectivity index (χ4n) is 1.93. The van der Waals surface area contributed by atoms with Gasteiger partial charge >= 0.3 is 0 Å². The second kappa shape index (κ2) is 7.59. The molecule has 0 aromatic heterocycles. The zero-order chi connectivity index (χ0) is 17.7. The van der Waals surface area contributed by atoms with Gasteiger partial charge in [0.05, 0.1) is 17.2 Å². The summed E-state index contributed by atoms with van der Waals surface area (Å²) in [6, 6.07) is 7.20. The maximum Gasteiger partial charge on any atom is 0.262 e. The van der Waals surface area contributed by atoms with E-state index in [4.69, 9.17) is 9.47 Å². The van der Waals surface area contributed by atoms with Crippen molar-refractivity contribution in [3.63, 3.8) is 0 Å². The minimum Gasteiger partial charge on any atom is -0.491 e. The van der Waals surface area contributed by atoms with Gasteiger partial charge in [0, 0.05) is 7.11 Å². The minimum atomic E-state index is -4.03. The first-order valence-corrected chi connectivity index (χ1v) is 8.52. The maximum atomic E-state index is 13.2. The number of halogens is 2. The van der Waals surface area contributed by atoms with Crippen LogP contribution in [0.4, 0.5) is 14.5 Å². The van der Waals surface area contributed by atoms with E-state index in [0.29, 0.717) is 36.3 Å². The average molecular weight is 357 g/mol. The van der Waals surface area contributed by atoms with E-state index < -0.39 is 21.7 Å². The third kappa shape index (κ3) is 4.42. The molecule has 0 saturated carbocycles. The Balaban J connectivity index is 2.18. The first-order valence-electron chi connectivity index (χ1n) is 7.04. The van der Waals surface area contributed by atoms with Crippen LogP contribution in [0.5, 0.6) is 5.75 Å². The smallest absolute Gasteiger partial charge is 0.262 e. The lowest BCUT2D eigenvalue weighted by Gasteiger charge is -2.13. The number of rotatable bonds is 7. The number of hydrogen-bond donors (Lipinski definition) is 1. The highest BCUT2D eigenvalue weighted by atomic mass is 32.2. The van der Waals surface area contributed by atoms with Crippen molar-refractivity contribution in [3.05, 3.63) is 53.6 Å². The largest absolute Gasteiger partial charge is 0.491 e. The third-order valence-electron chi connectivity index (χ3n) is 3.20. The molecule has 1 N–H and O–H groups in total. The van der Waals surface area contributed by atoms with Crippen molar-refractivity contribution >= 4 is 15.7 Å². The van der Waals surface area contributed by atoms with Crippen LogP contribution in [0.15, 0.2) is 41.3 Å². The summed E-state index contributed by atoms with van der Waals surface area (Å²) < 4.78 is 63.4. The summed E-state index contributed by atoms with van der Waals surface area (Å²) in [7, 11) is -2.47. The summed E-state index contributed by atoms with van der Waals surface area (Å²) in [6.07, 6.45) is 0. The van der Waals surface area contributed by atoms with E-state index in [-0.39, 0.29) is 4.90 Å². The van der Waals surface area contributed by atoms with Gasteiger partial charge in [0.1, 0.15) is 12.4 Å². The Bertz CT molecular complexity index is 825. The van der Waals surface area contributed by atoms with Gasteiger partial charge in [-0.25, -0.2) is 17.2 Å². The fourth-order valence-corrected chi connectivity index (χ4v) is 3.07. The van der Waals surface area contributed by atoms with Gasteiger partial charge in [0.25, 0.3) is 10.0 Å². The van der Waals surface area contributed by atoms with Gasteiger partial charge in [0.15, 0.2) is 11.6 Å². The van der Waals surface area contributed by atoms with Crippen LogP contribution >= 0.6 is 0 Å². The molecule has 0 unspecified atom stereocenters. The molecular formula is C16H17F2NO4S. The topological polar surface area (TPSA) is 64.6 Å². The number of aryl methyl sites for hydroxylation is 1. The molecule has 2 aromatic rings. The van der Waals surface area contributed by atoms with Gasteiger partial charge in [-0.2, -0.15) is 0 Å². The third-order valence-corrected chi connectivity index (χ3v) is 4.56. The predicted molar refractivity (Wildman–Crippen MR) is 85.7 cm³/mol. The lowest BCUT2D eigenvalue weighted by atomic mass is 10.2. The Labute approximate surface area is 139 Å². The van der Waals surface area contributed by atoms with Crippen molar-refractivity contribution < 1.29 is 26.7 Å². The zero-order valence-electron chi connectivity index (χ0n) is 13.2. The molecular weight excluding hydrogens is 340 g/mol. The van der Waals surface area contributed by atoms with E-state index in [0.717, 1.165) is 12.1 Å². The van der Waals surface area contributed by atoms with Crippen LogP contribution in [0, 0.1) is 18.6 Å². The second-order valence-corrected chi connectivity index (χ2v) is 6.68. The first-order chi connectivity index (χ1) is 11.3. The molecule has 0 bridgehead atoms. The molecule has 0 aliphatic rings. The molecule has 0 aliphatic heterocycles. The fraction of sp³-hybridized carbons (Fsp3) is 0.250.